The van der Waals surface area contributed by atoms with Crippen molar-refractivity contribution >= 4 is 5.91 Å². The monoisotopic (exact) mass is 363 g/mol. The summed E-state index contributed by atoms with van der Waals surface area (Å²) in [7, 11) is 0. The zero-order valence-corrected chi connectivity index (χ0v) is 15.1. The summed E-state index contributed by atoms with van der Waals surface area (Å²) >= 11 is 0. The third-order valence-electron chi connectivity index (χ3n) is 5.65. The molecular formula is C22H22FN3O. The second-order valence-corrected chi connectivity index (χ2v) is 7.53. The lowest BCUT2D eigenvalue weighted by molar-refractivity contribution is 0.0584. The molecule has 4 nitrogen and oxygen atoms in total. The first-order valence-electron chi connectivity index (χ1n) is 9.41. The molecule has 138 valence electrons. The van der Waals surface area contributed by atoms with Gasteiger partial charge >= 0.3 is 0 Å². The molecule has 5 rings (SSSR count). The fourth-order valence-electron chi connectivity index (χ4n) is 4.33. The van der Waals surface area contributed by atoms with E-state index in [0.29, 0.717) is 17.0 Å². The maximum Gasteiger partial charge on any atom is 0.255 e. The molecule has 0 saturated carbocycles. The van der Waals surface area contributed by atoms with E-state index in [1.807, 2.05) is 23.1 Å². The molecule has 3 saturated heterocycles. The first-order valence-corrected chi connectivity index (χ1v) is 9.41. The number of hydrogen-bond acceptors (Lipinski definition) is 3. The highest BCUT2D eigenvalue weighted by molar-refractivity contribution is 5.97. The van der Waals surface area contributed by atoms with Crippen LogP contribution in [0.3, 0.4) is 0 Å². The van der Waals surface area contributed by atoms with E-state index in [1.54, 1.807) is 18.2 Å². The topological polar surface area (TPSA) is 47.3 Å². The van der Waals surface area contributed by atoms with E-state index in [-0.39, 0.29) is 17.8 Å². The molecule has 0 unspecified atom stereocenters. The number of fused-ring (bicyclic) bond motifs is 4. The van der Waals surface area contributed by atoms with Crippen LogP contribution < -0.4 is 0 Å². The molecular weight excluding hydrogens is 341 g/mol. The second-order valence-electron chi connectivity index (χ2n) is 7.53. The van der Waals surface area contributed by atoms with Gasteiger partial charge in [-0.05, 0) is 48.6 Å². The lowest BCUT2D eigenvalue weighted by Gasteiger charge is -2.36. The Balaban J connectivity index is 1.52. The van der Waals surface area contributed by atoms with E-state index >= 15 is 0 Å². The van der Waals surface area contributed by atoms with Crippen molar-refractivity contribution in [1.82, 2.24) is 9.80 Å². The molecule has 2 aromatic rings. The van der Waals surface area contributed by atoms with Crippen molar-refractivity contribution in [2.45, 2.75) is 25.4 Å². The normalized spacial score (nSPS) is 22.3. The molecule has 0 aliphatic carbocycles. The Labute approximate surface area is 158 Å². The van der Waals surface area contributed by atoms with Crippen LogP contribution in [0.1, 0.15) is 34.3 Å². The van der Waals surface area contributed by atoms with Gasteiger partial charge in [0.25, 0.3) is 5.91 Å². The van der Waals surface area contributed by atoms with Crippen molar-refractivity contribution in [2.75, 3.05) is 19.6 Å². The highest BCUT2D eigenvalue weighted by Gasteiger charge is 2.37. The van der Waals surface area contributed by atoms with Crippen LogP contribution >= 0.6 is 0 Å². The number of nitriles is 1. The summed E-state index contributed by atoms with van der Waals surface area (Å²) in [5, 5.41) is 9.32. The number of carbonyl (C=O) groups is 1. The second kappa shape index (κ2) is 7.50. The largest absolute Gasteiger partial charge is 0.334 e. The van der Waals surface area contributed by atoms with Gasteiger partial charge in [-0.15, -0.1) is 0 Å². The van der Waals surface area contributed by atoms with E-state index < -0.39 is 0 Å². The molecule has 1 amide bonds. The minimum atomic E-state index is -0.220. The van der Waals surface area contributed by atoms with Gasteiger partial charge in [0.15, 0.2) is 0 Å². The first-order chi connectivity index (χ1) is 13.1. The summed E-state index contributed by atoms with van der Waals surface area (Å²) in [6, 6.07) is 16.0. The molecule has 5 heteroatoms. The number of nitrogens with zero attached hydrogens (tertiary/aromatic N) is 3. The van der Waals surface area contributed by atoms with Crippen LogP contribution in [0.15, 0.2) is 48.5 Å². The maximum atomic E-state index is 13.1. The Morgan fingerprint density at radius 3 is 2.63 bits per heavy atom. The van der Waals surface area contributed by atoms with Crippen LogP contribution in [0.4, 0.5) is 4.39 Å². The van der Waals surface area contributed by atoms with Crippen molar-refractivity contribution in [3.8, 4) is 6.07 Å². The molecule has 0 aromatic heterocycles. The molecule has 2 bridgehead atoms. The highest BCUT2D eigenvalue weighted by atomic mass is 19.1. The SMILES string of the molecule is N#Cc1ccccc1C(=O)N1C[C@H]2CC[C@@H]1CN(Cc1ccc(F)cc1)C2. The smallest absolute Gasteiger partial charge is 0.255 e. The minimum absolute atomic E-state index is 0.0366. The maximum absolute atomic E-state index is 13.1. The predicted molar refractivity (Wildman–Crippen MR) is 100 cm³/mol. The lowest BCUT2D eigenvalue weighted by Crippen LogP contribution is -2.47. The van der Waals surface area contributed by atoms with E-state index in [2.05, 4.69) is 11.0 Å². The lowest BCUT2D eigenvalue weighted by atomic mass is 9.94. The minimum Gasteiger partial charge on any atom is -0.334 e. The van der Waals surface area contributed by atoms with Crippen molar-refractivity contribution in [3.05, 3.63) is 71.0 Å². The number of piperidine rings is 1. The quantitative estimate of drug-likeness (QED) is 0.839. The molecule has 3 fully saturated rings. The number of halogens is 1. The zero-order chi connectivity index (χ0) is 18.8. The van der Waals surface area contributed by atoms with Gasteiger partial charge in [0.05, 0.1) is 17.2 Å². The third kappa shape index (κ3) is 3.72. The Kier molecular flexibility index (Phi) is 4.91. The van der Waals surface area contributed by atoms with Crippen LogP contribution in [0.2, 0.25) is 0 Å². The molecule has 2 atom stereocenters. The van der Waals surface area contributed by atoms with Crippen LogP contribution in [0.25, 0.3) is 0 Å². The van der Waals surface area contributed by atoms with Gasteiger partial charge < -0.3 is 4.90 Å². The summed E-state index contributed by atoms with van der Waals surface area (Å²) in [6.45, 7) is 3.26. The summed E-state index contributed by atoms with van der Waals surface area (Å²) in [4.78, 5) is 17.5. The molecule has 3 heterocycles. The average Bonchev–Trinajstić information content (AvgIpc) is 3.00. The number of hydrogen-bond donors (Lipinski definition) is 0. The molecule has 0 N–H and O–H groups in total. The van der Waals surface area contributed by atoms with Crippen molar-refractivity contribution in [3.63, 3.8) is 0 Å². The summed E-state index contributed by atoms with van der Waals surface area (Å²) in [5.41, 5.74) is 2.02. The van der Waals surface area contributed by atoms with Crippen LogP contribution in [-0.4, -0.2) is 41.4 Å². The van der Waals surface area contributed by atoms with E-state index in [4.69, 9.17) is 0 Å². The Hall–Kier alpha value is -2.71. The molecule has 27 heavy (non-hydrogen) atoms. The molecule has 3 aliphatic rings. The van der Waals surface area contributed by atoms with E-state index in [1.165, 1.54) is 12.1 Å². The van der Waals surface area contributed by atoms with Crippen molar-refractivity contribution in [2.24, 2.45) is 5.92 Å². The van der Waals surface area contributed by atoms with Gasteiger partial charge in [-0.3, -0.25) is 9.69 Å². The zero-order valence-electron chi connectivity index (χ0n) is 15.1. The molecule has 2 aromatic carbocycles. The number of carbonyl (C=O) groups excluding carboxylic acids is 1. The Bertz CT molecular complexity index is 874. The predicted octanol–water partition coefficient (Wildman–Crippen LogP) is 3.43. The van der Waals surface area contributed by atoms with E-state index in [9.17, 15) is 14.4 Å². The van der Waals surface area contributed by atoms with Crippen molar-refractivity contribution in [1.29, 1.82) is 5.26 Å². The molecule has 3 aliphatic heterocycles. The van der Waals surface area contributed by atoms with Gasteiger partial charge in [0.2, 0.25) is 0 Å². The Morgan fingerprint density at radius 1 is 1.07 bits per heavy atom. The number of benzene rings is 2. The average molecular weight is 363 g/mol. The first kappa shape index (κ1) is 17.7. The molecule has 0 radical (unpaired) electrons. The van der Waals surface area contributed by atoms with Crippen LogP contribution in [-0.2, 0) is 6.54 Å². The van der Waals surface area contributed by atoms with Gasteiger partial charge in [0, 0.05) is 32.2 Å². The van der Waals surface area contributed by atoms with Gasteiger partial charge in [-0.2, -0.15) is 5.26 Å². The van der Waals surface area contributed by atoms with Crippen molar-refractivity contribution < 1.29 is 9.18 Å². The van der Waals surface area contributed by atoms with E-state index in [0.717, 1.165) is 44.6 Å². The van der Waals surface area contributed by atoms with Crippen LogP contribution in [0.5, 0.6) is 0 Å². The summed E-state index contributed by atoms with van der Waals surface area (Å²) in [5.74, 6) is 0.176. The van der Waals surface area contributed by atoms with Crippen LogP contribution in [0, 0.1) is 23.1 Å². The third-order valence-corrected chi connectivity index (χ3v) is 5.65. The molecule has 0 spiro atoms. The number of rotatable bonds is 3. The fourth-order valence-corrected chi connectivity index (χ4v) is 4.33. The number of amides is 1. The van der Waals surface area contributed by atoms with Gasteiger partial charge in [-0.1, -0.05) is 24.3 Å². The highest BCUT2D eigenvalue weighted by Crippen LogP contribution is 2.30. The standard InChI is InChI=1S/C22H22FN3O/c23-19-8-5-16(6-9-19)12-25-13-17-7-10-20(15-25)26(14-17)22(27)21-4-2-1-3-18(21)11-24/h1-6,8-9,17,20H,7,10,12-15H2/t17-,20+/m0/s1. The Morgan fingerprint density at radius 2 is 1.85 bits per heavy atom. The summed E-state index contributed by atoms with van der Waals surface area (Å²) < 4.78 is 13.1. The van der Waals surface area contributed by atoms with Gasteiger partial charge in [-0.25, -0.2) is 4.39 Å². The fraction of sp³-hybridized carbons (Fsp3) is 0.364. The summed E-state index contributed by atoms with van der Waals surface area (Å²) in [6.07, 6.45) is 2.11. The van der Waals surface area contributed by atoms with Gasteiger partial charge in [0.1, 0.15) is 5.82 Å².